The van der Waals surface area contributed by atoms with Crippen molar-refractivity contribution in [1.29, 1.82) is 0 Å². The molecule has 1 atom stereocenters. The van der Waals surface area contributed by atoms with Gasteiger partial charge in [0.2, 0.25) is 0 Å². The summed E-state index contributed by atoms with van der Waals surface area (Å²) in [7, 11) is 1.70. The summed E-state index contributed by atoms with van der Waals surface area (Å²) < 4.78 is 5.19. The van der Waals surface area contributed by atoms with E-state index >= 15 is 0 Å². The van der Waals surface area contributed by atoms with E-state index in [1.54, 1.807) is 7.11 Å². The second-order valence-electron chi connectivity index (χ2n) is 4.53. The normalized spacial score (nSPS) is 12.9. The molecule has 0 aliphatic rings. The first-order valence-corrected chi connectivity index (χ1v) is 6.42. The lowest BCUT2D eigenvalue weighted by atomic mass is 10.0. The Balaban J connectivity index is 2.89. The Morgan fingerprint density at radius 2 is 1.88 bits per heavy atom. The van der Waals surface area contributed by atoms with Crippen molar-refractivity contribution in [3.8, 4) is 0 Å². The molecule has 0 aromatic heterocycles. The molecule has 1 unspecified atom stereocenters. The summed E-state index contributed by atoms with van der Waals surface area (Å²) in [5.74, 6) is 0.450. The second kappa shape index (κ2) is 6.48. The third-order valence-electron chi connectivity index (χ3n) is 2.74. The van der Waals surface area contributed by atoms with Gasteiger partial charge >= 0.3 is 0 Å². The molecule has 0 fully saturated rings. The molecule has 0 radical (unpaired) electrons. The Morgan fingerprint density at radius 1 is 1.24 bits per heavy atom. The first kappa shape index (κ1) is 14.6. The maximum Gasteiger partial charge on any atom is 0.0666 e. The zero-order chi connectivity index (χ0) is 13.0. The molecule has 0 bridgehead atoms. The van der Waals surface area contributed by atoms with Crippen LogP contribution in [0.5, 0.6) is 0 Å². The molecular weight excluding hydrogens is 257 g/mol. The predicted molar refractivity (Wildman–Crippen MR) is 75.3 cm³/mol. The van der Waals surface area contributed by atoms with Crippen LogP contribution in [0.2, 0.25) is 10.0 Å². The molecule has 96 valence electrons. The van der Waals surface area contributed by atoms with Crippen LogP contribution in [-0.4, -0.2) is 19.8 Å². The molecule has 1 aromatic rings. The Kier molecular flexibility index (Phi) is 5.57. The van der Waals surface area contributed by atoms with Crippen LogP contribution in [0.25, 0.3) is 0 Å². The van der Waals surface area contributed by atoms with E-state index in [0.29, 0.717) is 17.5 Å². The number of benzene rings is 1. The molecule has 1 rings (SSSR count). The molecule has 17 heavy (non-hydrogen) atoms. The topological polar surface area (TPSA) is 21.3 Å². The minimum Gasteiger partial charge on any atom is -0.383 e. The fourth-order valence-corrected chi connectivity index (χ4v) is 1.97. The lowest BCUT2D eigenvalue weighted by Gasteiger charge is -2.23. The largest absolute Gasteiger partial charge is 0.383 e. The zero-order valence-corrected chi connectivity index (χ0v) is 12.2. The minimum absolute atomic E-state index is 0.219. The van der Waals surface area contributed by atoms with E-state index in [2.05, 4.69) is 19.2 Å². The second-order valence-corrected chi connectivity index (χ2v) is 5.35. The van der Waals surface area contributed by atoms with Crippen LogP contribution in [-0.2, 0) is 4.74 Å². The number of anilines is 1. The molecule has 0 aliphatic carbocycles. The molecule has 2 nitrogen and oxygen atoms in total. The van der Waals surface area contributed by atoms with Crippen LogP contribution in [0.4, 0.5) is 5.69 Å². The summed E-state index contributed by atoms with van der Waals surface area (Å²) in [4.78, 5) is 0. The van der Waals surface area contributed by atoms with Gasteiger partial charge in [0.25, 0.3) is 0 Å². The Bertz CT molecular complexity index is 380. The molecule has 0 saturated heterocycles. The highest BCUT2D eigenvalue weighted by Crippen LogP contribution is 2.29. The van der Waals surface area contributed by atoms with Crippen LogP contribution in [0, 0.1) is 12.8 Å². The van der Waals surface area contributed by atoms with Gasteiger partial charge in [-0.2, -0.15) is 0 Å². The van der Waals surface area contributed by atoms with E-state index in [1.165, 1.54) is 0 Å². The van der Waals surface area contributed by atoms with Crippen molar-refractivity contribution in [2.75, 3.05) is 19.0 Å². The van der Waals surface area contributed by atoms with Gasteiger partial charge in [-0.3, -0.25) is 0 Å². The van der Waals surface area contributed by atoms with Gasteiger partial charge in [-0.25, -0.2) is 0 Å². The SMILES string of the molecule is COCC(Nc1cc(Cl)c(C)cc1Cl)C(C)C. The molecule has 1 N–H and O–H groups in total. The van der Waals surface area contributed by atoms with Crippen molar-refractivity contribution in [2.24, 2.45) is 5.92 Å². The van der Waals surface area contributed by atoms with E-state index in [1.807, 2.05) is 19.1 Å². The number of rotatable bonds is 5. The van der Waals surface area contributed by atoms with Gasteiger partial charge in [0, 0.05) is 12.1 Å². The number of halogens is 2. The maximum atomic E-state index is 6.19. The molecule has 0 amide bonds. The third-order valence-corrected chi connectivity index (χ3v) is 3.46. The average Bonchev–Trinajstić information content (AvgIpc) is 2.24. The molecule has 4 heteroatoms. The fourth-order valence-electron chi connectivity index (χ4n) is 1.54. The zero-order valence-electron chi connectivity index (χ0n) is 10.7. The van der Waals surface area contributed by atoms with Gasteiger partial charge in [-0.1, -0.05) is 37.0 Å². The van der Waals surface area contributed by atoms with E-state index in [-0.39, 0.29) is 6.04 Å². The maximum absolute atomic E-state index is 6.19. The van der Waals surface area contributed by atoms with Crippen molar-refractivity contribution in [1.82, 2.24) is 0 Å². The number of nitrogens with one attached hydrogen (secondary N) is 1. The molecule has 1 aromatic carbocycles. The highest BCUT2D eigenvalue weighted by molar-refractivity contribution is 6.35. The van der Waals surface area contributed by atoms with E-state index in [4.69, 9.17) is 27.9 Å². The highest BCUT2D eigenvalue weighted by atomic mass is 35.5. The lowest BCUT2D eigenvalue weighted by molar-refractivity contribution is 0.171. The van der Waals surface area contributed by atoms with E-state index in [0.717, 1.165) is 16.3 Å². The van der Waals surface area contributed by atoms with E-state index in [9.17, 15) is 0 Å². The van der Waals surface area contributed by atoms with Crippen molar-refractivity contribution in [3.63, 3.8) is 0 Å². The number of hydrogen-bond donors (Lipinski definition) is 1. The van der Waals surface area contributed by atoms with E-state index < -0.39 is 0 Å². The molecular formula is C13H19Cl2NO. The minimum atomic E-state index is 0.219. The fraction of sp³-hybridized carbons (Fsp3) is 0.538. The van der Waals surface area contributed by atoms with Gasteiger partial charge in [0.05, 0.1) is 23.4 Å². The van der Waals surface area contributed by atoms with Gasteiger partial charge in [-0.05, 0) is 30.5 Å². The molecule has 0 aliphatic heterocycles. The standard InChI is InChI=1S/C13H19Cl2NO/c1-8(2)13(7-17-4)16-12-6-10(14)9(3)5-11(12)15/h5-6,8,13,16H,7H2,1-4H3. The summed E-state index contributed by atoms with van der Waals surface area (Å²) in [5, 5.41) is 4.78. The summed E-state index contributed by atoms with van der Waals surface area (Å²) in [5.41, 5.74) is 1.84. The first-order chi connectivity index (χ1) is 7.95. The Morgan fingerprint density at radius 3 is 2.41 bits per heavy atom. The summed E-state index contributed by atoms with van der Waals surface area (Å²) in [6.45, 7) is 6.85. The molecule has 0 heterocycles. The van der Waals surface area contributed by atoms with Gasteiger partial charge in [0.15, 0.2) is 0 Å². The summed E-state index contributed by atoms with van der Waals surface area (Å²) in [6.07, 6.45) is 0. The number of hydrogen-bond acceptors (Lipinski definition) is 2. The highest BCUT2D eigenvalue weighted by Gasteiger charge is 2.15. The van der Waals surface area contributed by atoms with Crippen molar-refractivity contribution >= 4 is 28.9 Å². The predicted octanol–water partition coefficient (Wildman–Crippen LogP) is 4.38. The molecule has 0 saturated carbocycles. The Labute approximate surface area is 113 Å². The summed E-state index contributed by atoms with van der Waals surface area (Å²) in [6, 6.07) is 3.96. The first-order valence-electron chi connectivity index (χ1n) is 5.66. The lowest BCUT2D eigenvalue weighted by Crippen LogP contribution is -2.30. The van der Waals surface area contributed by atoms with Gasteiger partial charge in [-0.15, -0.1) is 0 Å². The molecule has 0 spiro atoms. The third kappa shape index (κ3) is 4.06. The quantitative estimate of drug-likeness (QED) is 0.861. The van der Waals surface area contributed by atoms with Crippen LogP contribution >= 0.6 is 23.2 Å². The van der Waals surface area contributed by atoms with Crippen LogP contribution < -0.4 is 5.32 Å². The van der Waals surface area contributed by atoms with Crippen molar-refractivity contribution in [3.05, 3.63) is 27.7 Å². The summed E-state index contributed by atoms with van der Waals surface area (Å²) >= 11 is 12.3. The number of methoxy groups -OCH3 is 1. The monoisotopic (exact) mass is 275 g/mol. The number of ether oxygens (including phenoxy) is 1. The Hall–Kier alpha value is -0.440. The van der Waals surface area contributed by atoms with Crippen LogP contribution in [0.3, 0.4) is 0 Å². The van der Waals surface area contributed by atoms with Crippen molar-refractivity contribution < 1.29 is 4.74 Å². The van der Waals surface area contributed by atoms with Crippen molar-refractivity contribution in [2.45, 2.75) is 26.8 Å². The van der Waals surface area contributed by atoms with Gasteiger partial charge < -0.3 is 10.1 Å². The van der Waals surface area contributed by atoms with Crippen LogP contribution in [0.1, 0.15) is 19.4 Å². The van der Waals surface area contributed by atoms with Gasteiger partial charge in [0.1, 0.15) is 0 Å². The number of aryl methyl sites for hydroxylation is 1. The average molecular weight is 276 g/mol. The van der Waals surface area contributed by atoms with Crippen LogP contribution in [0.15, 0.2) is 12.1 Å². The smallest absolute Gasteiger partial charge is 0.0666 e.